The second-order valence-corrected chi connectivity index (χ2v) is 5.36. The van der Waals surface area contributed by atoms with Gasteiger partial charge in [0.2, 0.25) is 5.88 Å². The van der Waals surface area contributed by atoms with Gasteiger partial charge in [0.1, 0.15) is 6.61 Å². The van der Waals surface area contributed by atoms with Crippen molar-refractivity contribution in [2.24, 2.45) is 0 Å². The summed E-state index contributed by atoms with van der Waals surface area (Å²) in [5.41, 5.74) is 1.21. The zero-order valence-corrected chi connectivity index (χ0v) is 12.5. The van der Waals surface area contributed by atoms with E-state index in [1.807, 2.05) is 12.3 Å². The molecule has 1 aliphatic rings. The summed E-state index contributed by atoms with van der Waals surface area (Å²) in [6.45, 7) is 5.32. The predicted molar refractivity (Wildman–Crippen MR) is 83.6 cm³/mol. The van der Waals surface area contributed by atoms with Gasteiger partial charge in [0.25, 0.3) is 0 Å². The van der Waals surface area contributed by atoms with Crippen LogP contribution in [0.25, 0.3) is 10.8 Å². The number of aromatic nitrogens is 1. The molecule has 1 N–H and O–H groups in total. The van der Waals surface area contributed by atoms with E-state index in [4.69, 9.17) is 9.47 Å². The van der Waals surface area contributed by atoms with Crippen molar-refractivity contribution in [3.8, 4) is 5.88 Å². The number of fused-ring (bicyclic) bond motifs is 1. The first-order valence-corrected chi connectivity index (χ1v) is 7.70. The highest BCUT2D eigenvalue weighted by Gasteiger charge is 2.17. The molecule has 0 aliphatic carbocycles. The Kier molecular flexibility index (Phi) is 4.68. The highest BCUT2D eigenvalue weighted by atomic mass is 16.5. The zero-order chi connectivity index (χ0) is 14.5. The highest BCUT2D eigenvalue weighted by Crippen LogP contribution is 2.26. The molecule has 1 fully saturated rings. The number of hydrogen-bond donors (Lipinski definition) is 1. The molecule has 0 saturated carbocycles. The third kappa shape index (κ3) is 3.34. The van der Waals surface area contributed by atoms with Crippen LogP contribution in [0, 0.1) is 0 Å². The molecule has 0 radical (unpaired) electrons. The molecule has 21 heavy (non-hydrogen) atoms. The summed E-state index contributed by atoms with van der Waals surface area (Å²) in [7, 11) is 0. The third-order valence-corrected chi connectivity index (χ3v) is 3.84. The van der Waals surface area contributed by atoms with E-state index in [-0.39, 0.29) is 6.10 Å². The van der Waals surface area contributed by atoms with Crippen LogP contribution < -0.4 is 10.1 Å². The Morgan fingerprint density at radius 2 is 2.19 bits per heavy atom. The molecule has 1 atom stereocenters. The van der Waals surface area contributed by atoms with Crippen LogP contribution in [-0.2, 0) is 11.3 Å². The molecule has 1 aromatic heterocycles. The summed E-state index contributed by atoms with van der Waals surface area (Å²) < 4.78 is 11.5. The largest absolute Gasteiger partial charge is 0.474 e. The molecule has 4 heteroatoms. The van der Waals surface area contributed by atoms with Crippen molar-refractivity contribution in [1.29, 1.82) is 0 Å². The lowest BCUT2D eigenvalue weighted by atomic mass is 10.1. The molecule has 0 spiro atoms. The molecule has 2 aromatic rings. The number of benzene rings is 1. The minimum atomic E-state index is 0.215. The van der Waals surface area contributed by atoms with E-state index in [0.717, 1.165) is 37.9 Å². The minimum Gasteiger partial charge on any atom is -0.474 e. The molecule has 0 bridgehead atoms. The summed E-state index contributed by atoms with van der Waals surface area (Å²) in [6.07, 6.45) is 4.34. The molecular weight excluding hydrogens is 264 g/mol. The van der Waals surface area contributed by atoms with Crippen molar-refractivity contribution in [2.75, 3.05) is 19.8 Å². The molecule has 1 saturated heterocycles. The SMILES string of the molecule is CCNCc1cnc(OCC2CCCO2)c2ccccc12. The summed E-state index contributed by atoms with van der Waals surface area (Å²) in [5, 5.41) is 5.63. The van der Waals surface area contributed by atoms with Gasteiger partial charge in [-0.3, -0.25) is 0 Å². The third-order valence-electron chi connectivity index (χ3n) is 3.84. The predicted octanol–water partition coefficient (Wildman–Crippen LogP) is 2.90. The Labute approximate surface area is 125 Å². The fourth-order valence-electron chi connectivity index (χ4n) is 2.69. The number of ether oxygens (including phenoxy) is 2. The average molecular weight is 286 g/mol. The number of pyridine rings is 1. The normalized spacial score (nSPS) is 18.2. The lowest BCUT2D eigenvalue weighted by Crippen LogP contribution is -2.17. The smallest absolute Gasteiger partial charge is 0.221 e. The van der Waals surface area contributed by atoms with Gasteiger partial charge in [0.15, 0.2) is 0 Å². The van der Waals surface area contributed by atoms with E-state index in [9.17, 15) is 0 Å². The van der Waals surface area contributed by atoms with Crippen LogP contribution in [0.4, 0.5) is 0 Å². The number of rotatable bonds is 6. The first-order valence-electron chi connectivity index (χ1n) is 7.70. The molecule has 2 heterocycles. The van der Waals surface area contributed by atoms with Crippen LogP contribution >= 0.6 is 0 Å². The Bertz CT molecular complexity index is 594. The van der Waals surface area contributed by atoms with Crippen LogP contribution in [0.3, 0.4) is 0 Å². The number of nitrogens with one attached hydrogen (secondary N) is 1. The summed E-state index contributed by atoms with van der Waals surface area (Å²) in [4.78, 5) is 4.50. The van der Waals surface area contributed by atoms with E-state index in [1.165, 1.54) is 10.9 Å². The van der Waals surface area contributed by atoms with Crippen molar-refractivity contribution in [3.63, 3.8) is 0 Å². The fourth-order valence-corrected chi connectivity index (χ4v) is 2.69. The highest BCUT2D eigenvalue weighted by molar-refractivity contribution is 5.89. The molecule has 3 rings (SSSR count). The second-order valence-electron chi connectivity index (χ2n) is 5.36. The van der Waals surface area contributed by atoms with Crippen molar-refractivity contribution in [2.45, 2.75) is 32.4 Å². The van der Waals surface area contributed by atoms with Crippen LogP contribution in [0.15, 0.2) is 30.5 Å². The number of hydrogen-bond acceptors (Lipinski definition) is 4. The van der Waals surface area contributed by atoms with Crippen molar-refractivity contribution in [3.05, 3.63) is 36.0 Å². The van der Waals surface area contributed by atoms with E-state index in [2.05, 4.69) is 35.4 Å². The van der Waals surface area contributed by atoms with Crippen LogP contribution in [0.1, 0.15) is 25.3 Å². The first-order chi connectivity index (χ1) is 10.4. The lowest BCUT2D eigenvalue weighted by Gasteiger charge is -2.14. The Hall–Kier alpha value is -1.65. The minimum absolute atomic E-state index is 0.215. The lowest BCUT2D eigenvalue weighted by molar-refractivity contribution is 0.0669. The Balaban J connectivity index is 1.81. The van der Waals surface area contributed by atoms with Gasteiger partial charge in [-0.25, -0.2) is 4.98 Å². The second kappa shape index (κ2) is 6.87. The molecule has 112 valence electrons. The fraction of sp³-hybridized carbons (Fsp3) is 0.471. The summed E-state index contributed by atoms with van der Waals surface area (Å²) >= 11 is 0. The quantitative estimate of drug-likeness (QED) is 0.886. The van der Waals surface area contributed by atoms with Crippen molar-refractivity contribution in [1.82, 2.24) is 10.3 Å². The molecule has 4 nitrogen and oxygen atoms in total. The van der Waals surface area contributed by atoms with Crippen LogP contribution in [0.2, 0.25) is 0 Å². The summed E-state index contributed by atoms with van der Waals surface area (Å²) in [5.74, 6) is 0.710. The first kappa shape index (κ1) is 14.3. The monoisotopic (exact) mass is 286 g/mol. The van der Waals surface area contributed by atoms with Crippen LogP contribution in [0.5, 0.6) is 5.88 Å². The number of nitrogens with zero attached hydrogens (tertiary/aromatic N) is 1. The van der Waals surface area contributed by atoms with Gasteiger partial charge >= 0.3 is 0 Å². The molecule has 0 amide bonds. The van der Waals surface area contributed by atoms with E-state index in [1.54, 1.807) is 0 Å². The van der Waals surface area contributed by atoms with Gasteiger partial charge in [-0.1, -0.05) is 25.1 Å². The maximum Gasteiger partial charge on any atom is 0.221 e. The van der Waals surface area contributed by atoms with Gasteiger partial charge in [-0.2, -0.15) is 0 Å². The van der Waals surface area contributed by atoms with E-state index < -0.39 is 0 Å². The molecule has 1 aromatic carbocycles. The standard InChI is InChI=1S/C17H22N2O2/c1-2-18-10-13-11-19-17(16-8-4-3-7-15(13)16)21-12-14-6-5-9-20-14/h3-4,7-8,11,14,18H,2,5-6,9-10,12H2,1H3. The van der Waals surface area contributed by atoms with Gasteiger partial charge in [0, 0.05) is 24.7 Å². The van der Waals surface area contributed by atoms with Crippen molar-refractivity contribution < 1.29 is 9.47 Å². The van der Waals surface area contributed by atoms with E-state index >= 15 is 0 Å². The molecule has 1 aliphatic heterocycles. The maximum absolute atomic E-state index is 5.91. The van der Waals surface area contributed by atoms with Gasteiger partial charge in [0.05, 0.1) is 6.10 Å². The van der Waals surface area contributed by atoms with E-state index in [0.29, 0.717) is 12.5 Å². The molecular formula is C17H22N2O2. The molecule has 1 unspecified atom stereocenters. The topological polar surface area (TPSA) is 43.4 Å². The van der Waals surface area contributed by atoms with Gasteiger partial charge < -0.3 is 14.8 Å². The van der Waals surface area contributed by atoms with Crippen molar-refractivity contribution >= 4 is 10.8 Å². The zero-order valence-electron chi connectivity index (χ0n) is 12.5. The van der Waals surface area contributed by atoms with Gasteiger partial charge in [-0.05, 0) is 36.4 Å². The maximum atomic E-state index is 5.91. The summed E-state index contributed by atoms with van der Waals surface area (Å²) in [6, 6.07) is 8.28. The van der Waals surface area contributed by atoms with Gasteiger partial charge in [-0.15, -0.1) is 0 Å². The van der Waals surface area contributed by atoms with Crippen LogP contribution in [-0.4, -0.2) is 30.8 Å². The Morgan fingerprint density at radius 3 is 2.95 bits per heavy atom. The Morgan fingerprint density at radius 1 is 1.33 bits per heavy atom. The average Bonchev–Trinajstić information content (AvgIpc) is 3.04.